The Bertz CT molecular complexity index is 1370. The minimum atomic E-state index is -0.0460. The maximum absolute atomic E-state index is 13.4. The highest BCUT2D eigenvalue weighted by molar-refractivity contribution is 6.18. The standard InChI is InChI=1S/C28H29N5O2/c1-19-7-9-21(10-8-19)11-12-24(34)32-13-15-33(16-14-32)28-25-23(17-29-27(25)30-18-31-28)26(35)22-6-4-3-5-20(22)2/h3-10,17-18H,11-16H2,1-2H3,(H,29,30,31). The Morgan fingerprint density at radius 3 is 2.40 bits per heavy atom. The Hall–Kier alpha value is -4.00. The van der Waals surface area contributed by atoms with E-state index in [2.05, 4.69) is 51.0 Å². The molecule has 1 N–H and O–H groups in total. The highest BCUT2D eigenvalue weighted by Crippen LogP contribution is 2.29. The predicted molar refractivity (Wildman–Crippen MR) is 137 cm³/mol. The van der Waals surface area contributed by atoms with Crippen molar-refractivity contribution in [2.24, 2.45) is 0 Å². The SMILES string of the molecule is Cc1ccc(CCC(=O)N2CCN(c3ncnc4[nH]cc(C(=O)c5ccccc5C)c34)CC2)cc1. The van der Waals surface area contributed by atoms with Gasteiger partial charge in [-0.1, -0.05) is 54.1 Å². The van der Waals surface area contributed by atoms with Gasteiger partial charge in [0.05, 0.1) is 10.9 Å². The zero-order valence-corrected chi connectivity index (χ0v) is 20.1. The summed E-state index contributed by atoms with van der Waals surface area (Å²) >= 11 is 0. The number of aryl methyl sites for hydroxylation is 3. The topological polar surface area (TPSA) is 82.2 Å². The molecule has 0 radical (unpaired) electrons. The van der Waals surface area contributed by atoms with E-state index in [0.29, 0.717) is 49.4 Å². The first kappa shape index (κ1) is 22.8. The highest BCUT2D eigenvalue weighted by Gasteiger charge is 2.26. The molecule has 1 amide bonds. The highest BCUT2D eigenvalue weighted by atomic mass is 16.2. The number of ketones is 1. The first-order valence-electron chi connectivity index (χ1n) is 12.0. The monoisotopic (exact) mass is 467 g/mol. The third-order valence-electron chi connectivity index (χ3n) is 6.76. The van der Waals surface area contributed by atoms with Crippen LogP contribution in [0.1, 0.15) is 39.0 Å². The molecule has 0 aliphatic carbocycles. The lowest BCUT2D eigenvalue weighted by molar-refractivity contribution is -0.131. The second-order valence-corrected chi connectivity index (χ2v) is 9.12. The number of nitrogens with zero attached hydrogens (tertiary/aromatic N) is 4. The summed E-state index contributed by atoms with van der Waals surface area (Å²) in [5.74, 6) is 0.866. The van der Waals surface area contributed by atoms with E-state index in [4.69, 9.17) is 0 Å². The summed E-state index contributed by atoms with van der Waals surface area (Å²) < 4.78 is 0. The van der Waals surface area contributed by atoms with E-state index in [1.165, 1.54) is 17.5 Å². The Balaban J connectivity index is 1.30. The van der Waals surface area contributed by atoms with Gasteiger partial charge in [0.2, 0.25) is 5.91 Å². The third kappa shape index (κ3) is 4.67. The van der Waals surface area contributed by atoms with Crippen LogP contribution in [-0.4, -0.2) is 57.7 Å². The minimum absolute atomic E-state index is 0.0460. The molecule has 0 bridgehead atoms. The van der Waals surface area contributed by atoms with Gasteiger partial charge in [-0.25, -0.2) is 9.97 Å². The van der Waals surface area contributed by atoms with Crippen molar-refractivity contribution in [3.8, 4) is 0 Å². The molecule has 0 saturated carbocycles. The van der Waals surface area contributed by atoms with Gasteiger partial charge in [-0.3, -0.25) is 9.59 Å². The zero-order valence-electron chi connectivity index (χ0n) is 20.1. The van der Waals surface area contributed by atoms with Gasteiger partial charge in [0.25, 0.3) is 0 Å². The van der Waals surface area contributed by atoms with Gasteiger partial charge >= 0.3 is 0 Å². The molecule has 3 heterocycles. The van der Waals surface area contributed by atoms with E-state index in [-0.39, 0.29) is 11.7 Å². The summed E-state index contributed by atoms with van der Waals surface area (Å²) in [7, 11) is 0. The Morgan fingerprint density at radius 1 is 0.914 bits per heavy atom. The summed E-state index contributed by atoms with van der Waals surface area (Å²) in [5, 5.41) is 0.736. The van der Waals surface area contributed by atoms with Crippen molar-refractivity contribution >= 4 is 28.5 Å². The van der Waals surface area contributed by atoms with Crippen LogP contribution in [-0.2, 0) is 11.2 Å². The average Bonchev–Trinajstić information content (AvgIpc) is 3.33. The number of carbonyl (C=O) groups excluding carboxylic acids is 2. The maximum atomic E-state index is 13.4. The summed E-state index contributed by atoms with van der Waals surface area (Å²) in [4.78, 5) is 42.3. The number of rotatable bonds is 6. The van der Waals surface area contributed by atoms with E-state index < -0.39 is 0 Å². The van der Waals surface area contributed by atoms with Crippen molar-refractivity contribution in [1.29, 1.82) is 0 Å². The number of fused-ring (bicyclic) bond motifs is 1. The van der Waals surface area contributed by atoms with Crippen molar-refractivity contribution < 1.29 is 9.59 Å². The number of carbonyl (C=O) groups is 2. The first-order chi connectivity index (χ1) is 17.0. The fraction of sp³-hybridized carbons (Fsp3) is 0.286. The van der Waals surface area contributed by atoms with E-state index >= 15 is 0 Å². The molecule has 7 heteroatoms. The largest absolute Gasteiger partial charge is 0.352 e. The fourth-order valence-corrected chi connectivity index (χ4v) is 4.67. The van der Waals surface area contributed by atoms with Gasteiger partial charge < -0.3 is 14.8 Å². The summed E-state index contributed by atoms with van der Waals surface area (Å²) in [6, 6.07) is 15.9. The number of benzene rings is 2. The molecule has 2 aromatic heterocycles. The van der Waals surface area contributed by atoms with Crippen LogP contribution >= 0.6 is 0 Å². The average molecular weight is 468 g/mol. The van der Waals surface area contributed by atoms with Crippen LogP contribution in [0.4, 0.5) is 5.82 Å². The van der Waals surface area contributed by atoms with Gasteiger partial charge in [-0.05, 0) is 31.4 Å². The number of aromatic nitrogens is 3. The molecule has 1 aliphatic heterocycles. The molecular formula is C28H29N5O2. The quantitative estimate of drug-likeness (QED) is 0.432. The van der Waals surface area contributed by atoms with Crippen molar-refractivity contribution in [2.45, 2.75) is 26.7 Å². The lowest BCUT2D eigenvalue weighted by Crippen LogP contribution is -2.49. The maximum Gasteiger partial charge on any atom is 0.223 e. The first-order valence-corrected chi connectivity index (χ1v) is 12.0. The number of H-pyrrole nitrogens is 1. The summed E-state index contributed by atoms with van der Waals surface area (Å²) in [6.07, 6.45) is 4.51. The zero-order chi connectivity index (χ0) is 24.4. The van der Waals surface area contributed by atoms with Crippen molar-refractivity contribution in [3.63, 3.8) is 0 Å². The number of piperazine rings is 1. The molecule has 1 aliphatic rings. The number of aromatic amines is 1. The van der Waals surface area contributed by atoms with Crippen LogP contribution in [0, 0.1) is 13.8 Å². The van der Waals surface area contributed by atoms with Gasteiger partial charge in [-0.2, -0.15) is 0 Å². The van der Waals surface area contributed by atoms with E-state index in [1.54, 1.807) is 6.20 Å². The molecule has 1 fully saturated rings. The smallest absolute Gasteiger partial charge is 0.223 e. The van der Waals surface area contributed by atoms with Gasteiger partial charge in [0, 0.05) is 44.4 Å². The minimum Gasteiger partial charge on any atom is -0.352 e. The van der Waals surface area contributed by atoms with Crippen LogP contribution in [0.15, 0.2) is 61.1 Å². The second kappa shape index (κ2) is 9.70. The molecular weight excluding hydrogens is 438 g/mol. The Kier molecular flexibility index (Phi) is 6.31. The van der Waals surface area contributed by atoms with Crippen LogP contribution in [0.3, 0.4) is 0 Å². The van der Waals surface area contributed by atoms with Crippen LogP contribution in [0.25, 0.3) is 11.0 Å². The summed E-state index contributed by atoms with van der Waals surface area (Å²) in [5.41, 5.74) is 5.23. The van der Waals surface area contributed by atoms with Gasteiger partial charge in [0.1, 0.15) is 17.8 Å². The molecule has 178 valence electrons. The van der Waals surface area contributed by atoms with E-state index in [0.717, 1.165) is 23.2 Å². The number of hydrogen-bond donors (Lipinski definition) is 1. The van der Waals surface area contributed by atoms with Crippen molar-refractivity contribution in [3.05, 3.63) is 88.9 Å². The molecule has 0 atom stereocenters. The molecule has 7 nitrogen and oxygen atoms in total. The predicted octanol–water partition coefficient (Wildman–Crippen LogP) is 4.09. The lowest BCUT2D eigenvalue weighted by atomic mass is 9.99. The number of nitrogens with one attached hydrogen (secondary N) is 1. The van der Waals surface area contributed by atoms with Gasteiger partial charge in [0.15, 0.2) is 5.78 Å². The molecule has 1 saturated heterocycles. The normalized spacial score (nSPS) is 13.9. The van der Waals surface area contributed by atoms with Crippen molar-refractivity contribution in [1.82, 2.24) is 19.9 Å². The van der Waals surface area contributed by atoms with Crippen LogP contribution in [0.2, 0.25) is 0 Å². The molecule has 5 rings (SSSR count). The molecule has 4 aromatic rings. The number of anilines is 1. The van der Waals surface area contributed by atoms with Crippen LogP contribution < -0.4 is 4.90 Å². The van der Waals surface area contributed by atoms with Gasteiger partial charge in [-0.15, -0.1) is 0 Å². The number of hydrogen-bond acceptors (Lipinski definition) is 5. The molecule has 0 unspecified atom stereocenters. The van der Waals surface area contributed by atoms with E-state index in [1.807, 2.05) is 36.1 Å². The lowest BCUT2D eigenvalue weighted by Gasteiger charge is -2.35. The fourth-order valence-electron chi connectivity index (χ4n) is 4.67. The van der Waals surface area contributed by atoms with Crippen LogP contribution in [0.5, 0.6) is 0 Å². The third-order valence-corrected chi connectivity index (χ3v) is 6.76. The second-order valence-electron chi connectivity index (χ2n) is 9.12. The Labute approximate surface area is 204 Å². The number of amides is 1. The Morgan fingerprint density at radius 2 is 1.66 bits per heavy atom. The summed E-state index contributed by atoms with van der Waals surface area (Å²) in [6.45, 7) is 6.58. The molecule has 35 heavy (non-hydrogen) atoms. The van der Waals surface area contributed by atoms with Crippen molar-refractivity contribution in [2.75, 3.05) is 31.1 Å². The van der Waals surface area contributed by atoms with E-state index in [9.17, 15) is 9.59 Å². The molecule has 2 aromatic carbocycles. The molecule has 0 spiro atoms.